The van der Waals surface area contributed by atoms with Gasteiger partial charge in [0.25, 0.3) is 0 Å². The average molecular weight is 369 g/mol. The third kappa shape index (κ3) is 4.77. The molecule has 3 N–H and O–H groups in total. The third-order valence-electron chi connectivity index (χ3n) is 5.21. The minimum absolute atomic E-state index is 0.0291. The largest absolute Gasteiger partial charge is 0.467 e. The van der Waals surface area contributed by atoms with E-state index in [1.807, 2.05) is 26.0 Å². The van der Waals surface area contributed by atoms with Gasteiger partial charge in [-0.2, -0.15) is 0 Å². The Bertz CT molecular complexity index is 773. The highest BCUT2D eigenvalue weighted by atomic mass is 16.3. The summed E-state index contributed by atoms with van der Waals surface area (Å²) >= 11 is 0. The lowest BCUT2D eigenvalue weighted by molar-refractivity contribution is -0.131. The van der Waals surface area contributed by atoms with E-state index in [9.17, 15) is 9.59 Å². The van der Waals surface area contributed by atoms with Gasteiger partial charge in [-0.3, -0.25) is 9.59 Å². The average Bonchev–Trinajstić information content (AvgIpc) is 3.22. The van der Waals surface area contributed by atoms with Gasteiger partial charge in [-0.1, -0.05) is 44.5 Å². The number of hydrogen-bond acceptors (Lipinski definition) is 4. The Kier molecular flexibility index (Phi) is 6.29. The van der Waals surface area contributed by atoms with Crippen molar-refractivity contribution >= 4 is 11.8 Å². The maximum absolute atomic E-state index is 12.8. The fraction of sp³-hybridized carbons (Fsp3) is 0.429. The molecule has 2 amide bonds. The van der Waals surface area contributed by atoms with Gasteiger partial charge in [0.1, 0.15) is 11.8 Å². The first-order chi connectivity index (χ1) is 13.1. The highest BCUT2D eigenvalue weighted by Gasteiger charge is 2.30. The molecule has 0 aliphatic carbocycles. The van der Waals surface area contributed by atoms with Crippen molar-refractivity contribution in [2.24, 2.45) is 5.92 Å². The summed E-state index contributed by atoms with van der Waals surface area (Å²) in [5.41, 5.74) is 2.40. The number of nitrogens with one attached hydrogen (secondary N) is 3. The van der Waals surface area contributed by atoms with Crippen LogP contribution in [0.25, 0.3) is 0 Å². The van der Waals surface area contributed by atoms with Crippen LogP contribution in [0, 0.1) is 5.92 Å². The van der Waals surface area contributed by atoms with Crippen LogP contribution in [-0.4, -0.2) is 23.9 Å². The summed E-state index contributed by atoms with van der Waals surface area (Å²) < 4.78 is 5.25. The fourth-order valence-corrected chi connectivity index (χ4v) is 3.29. The van der Waals surface area contributed by atoms with Crippen molar-refractivity contribution in [3.8, 4) is 0 Å². The smallest absolute Gasteiger partial charge is 0.243 e. The van der Waals surface area contributed by atoms with Gasteiger partial charge in [-0.25, -0.2) is 0 Å². The molecule has 3 rings (SSSR count). The molecular formula is C21H27N3O3. The normalized spacial score (nSPS) is 18.2. The summed E-state index contributed by atoms with van der Waals surface area (Å²) in [7, 11) is 0. The van der Waals surface area contributed by atoms with Crippen LogP contribution in [0.5, 0.6) is 0 Å². The quantitative estimate of drug-likeness (QED) is 0.698. The minimum atomic E-state index is -0.573. The molecule has 0 radical (unpaired) electrons. The molecule has 3 atom stereocenters. The molecule has 1 aromatic heterocycles. The first-order valence-electron chi connectivity index (χ1n) is 9.49. The first-order valence-corrected chi connectivity index (χ1v) is 9.49. The van der Waals surface area contributed by atoms with Crippen LogP contribution >= 0.6 is 0 Å². The second kappa shape index (κ2) is 8.86. The van der Waals surface area contributed by atoms with E-state index in [1.165, 1.54) is 11.1 Å². The molecule has 0 bridgehead atoms. The molecule has 0 fully saturated rings. The first kappa shape index (κ1) is 19.2. The second-order valence-corrected chi connectivity index (χ2v) is 7.08. The SMILES string of the molecule is CC[C@H](C)[C@H](NC(=O)[C@H]1Cc2ccccc2CN1)C(=O)NCc1ccco1. The van der Waals surface area contributed by atoms with Gasteiger partial charge in [0.2, 0.25) is 11.8 Å². The van der Waals surface area contributed by atoms with Crippen LogP contribution in [0.4, 0.5) is 0 Å². The summed E-state index contributed by atoms with van der Waals surface area (Å²) in [4.78, 5) is 25.5. The Balaban J connectivity index is 1.62. The topological polar surface area (TPSA) is 83.4 Å². The molecule has 0 saturated carbocycles. The lowest BCUT2D eigenvalue weighted by Crippen LogP contribution is -2.56. The van der Waals surface area contributed by atoms with E-state index < -0.39 is 6.04 Å². The zero-order chi connectivity index (χ0) is 19.2. The lowest BCUT2D eigenvalue weighted by atomic mass is 9.94. The maximum atomic E-state index is 12.8. The van der Waals surface area contributed by atoms with Crippen LogP contribution in [0.15, 0.2) is 47.1 Å². The zero-order valence-electron chi connectivity index (χ0n) is 15.8. The molecule has 1 aliphatic heterocycles. The second-order valence-electron chi connectivity index (χ2n) is 7.08. The molecule has 2 heterocycles. The summed E-state index contributed by atoms with van der Waals surface area (Å²) in [5, 5.41) is 9.08. The van der Waals surface area contributed by atoms with Gasteiger partial charge < -0.3 is 20.4 Å². The van der Waals surface area contributed by atoms with E-state index in [-0.39, 0.29) is 23.8 Å². The molecule has 1 aromatic carbocycles. The Hall–Kier alpha value is -2.60. The Morgan fingerprint density at radius 2 is 2.00 bits per heavy atom. The van der Waals surface area contributed by atoms with Crippen molar-refractivity contribution in [1.29, 1.82) is 0 Å². The monoisotopic (exact) mass is 369 g/mol. The number of benzene rings is 1. The molecule has 0 unspecified atom stereocenters. The molecule has 144 valence electrons. The van der Waals surface area contributed by atoms with Crippen molar-refractivity contribution < 1.29 is 14.0 Å². The summed E-state index contributed by atoms with van der Waals surface area (Å²) in [6, 6.07) is 10.8. The number of amides is 2. The van der Waals surface area contributed by atoms with Crippen LogP contribution in [0.3, 0.4) is 0 Å². The molecule has 0 spiro atoms. The lowest BCUT2D eigenvalue weighted by Gasteiger charge is -2.29. The Morgan fingerprint density at radius 1 is 1.22 bits per heavy atom. The number of furan rings is 1. The van der Waals surface area contributed by atoms with Crippen LogP contribution < -0.4 is 16.0 Å². The third-order valence-corrected chi connectivity index (χ3v) is 5.21. The summed E-state index contributed by atoms with van der Waals surface area (Å²) in [6.45, 7) is 4.95. The van der Waals surface area contributed by atoms with Crippen molar-refractivity contribution in [3.63, 3.8) is 0 Å². The van der Waals surface area contributed by atoms with Crippen molar-refractivity contribution in [2.45, 2.75) is 51.9 Å². The van der Waals surface area contributed by atoms with Crippen LogP contribution in [-0.2, 0) is 29.1 Å². The van der Waals surface area contributed by atoms with Gasteiger partial charge in [0.05, 0.1) is 18.8 Å². The molecule has 0 saturated heterocycles. The summed E-state index contributed by atoms with van der Waals surface area (Å²) in [6.07, 6.45) is 2.99. The van der Waals surface area contributed by atoms with E-state index in [4.69, 9.17) is 4.42 Å². The van der Waals surface area contributed by atoms with Gasteiger partial charge in [-0.05, 0) is 35.6 Å². The highest BCUT2D eigenvalue weighted by Crippen LogP contribution is 2.17. The predicted octanol–water partition coefficient (Wildman–Crippen LogP) is 2.14. The number of hydrogen-bond donors (Lipinski definition) is 3. The molecule has 1 aliphatic rings. The molecule has 2 aromatic rings. The maximum Gasteiger partial charge on any atom is 0.243 e. The van der Waals surface area contributed by atoms with Crippen molar-refractivity contribution in [1.82, 2.24) is 16.0 Å². The molecule has 6 nitrogen and oxygen atoms in total. The van der Waals surface area contributed by atoms with Crippen molar-refractivity contribution in [2.75, 3.05) is 0 Å². The van der Waals surface area contributed by atoms with Crippen LogP contribution in [0.2, 0.25) is 0 Å². The van der Waals surface area contributed by atoms with Gasteiger partial charge in [0.15, 0.2) is 0 Å². The Morgan fingerprint density at radius 3 is 2.70 bits per heavy atom. The van der Waals surface area contributed by atoms with Crippen molar-refractivity contribution in [3.05, 3.63) is 59.5 Å². The Labute approximate surface area is 159 Å². The molecule has 6 heteroatoms. The van der Waals surface area contributed by atoms with Gasteiger partial charge in [0, 0.05) is 6.54 Å². The fourth-order valence-electron chi connectivity index (χ4n) is 3.29. The minimum Gasteiger partial charge on any atom is -0.467 e. The standard InChI is InChI=1S/C21H27N3O3/c1-3-14(2)19(21(26)23-13-17-9-6-10-27-17)24-20(25)18-11-15-7-4-5-8-16(15)12-22-18/h4-10,14,18-19,22H,3,11-13H2,1-2H3,(H,23,26)(H,24,25)/t14-,18+,19-/m0/s1. The van der Waals surface area contributed by atoms with Gasteiger partial charge >= 0.3 is 0 Å². The van der Waals surface area contributed by atoms with E-state index in [1.54, 1.807) is 18.4 Å². The number of carbonyl (C=O) groups excluding carboxylic acids is 2. The number of rotatable bonds is 7. The van der Waals surface area contributed by atoms with E-state index in [2.05, 4.69) is 28.1 Å². The van der Waals surface area contributed by atoms with Crippen LogP contribution in [0.1, 0.15) is 37.2 Å². The zero-order valence-corrected chi connectivity index (χ0v) is 15.8. The number of fused-ring (bicyclic) bond motifs is 1. The highest BCUT2D eigenvalue weighted by molar-refractivity contribution is 5.90. The van der Waals surface area contributed by atoms with E-state index >= 15 is 0 Å². The molecular weight excluding hydrogens is 342 g/mol. The van der Waals surface area contributed by atoms with Gasteiger partial charge in [-0.15, -0.1) is 0 Å². The number of carbonyl (C=O) groups is 2. The van der Waals surface area contributed by atoms with E-state index in [0.717, 1.165) is 6.42 Å². The molecule has 27 heavy (non-hydrogen) atoms. The summed E-state index contributed by atoms with van der Waals surface area (Å²) in [5.74, 6) is 0.387. The van der Waals surface area contributed by atoms with E-state index in [0.29, 0.717) is 25.3 Å². The predicted molar refractivity (Wildman–Crippen MR) is 103 cm³/mol.